The number of anilines is 1. The fraction of sp³-hybridized carbons (Fsp3) is 0.160. The zero-order valence-electron chi connectivity index (χ0n) is 17.7. The Morgan fingerprint density at radius 2 is 1.84 bits per heavy atom. The molecule has 4 heterocycles. The third-order valence-electron chi connectivity index (χ3n) is 5.83. The van der Waals surface area contributed by atoms with Crippen LogP contribution in [0.1, 0.15) is 34.7 Å². The number of pyridine rings is 2. The summed E-state index contributed by atoms with van der Waals surface area (Å²) in [7, 11) is 0. The van der Waals surface area contributed by atoms with Crippen LogP contribution in [0.15, 0.2) is 79.3 Å². The lowest BCUT2D eigenvalue weighted by molar-refractivity contribution is 0.547. The van der Waals surface area contributed by atoms with Gasteiger partial charge in [0.15, 0.2) is 5.11 Å². The SMILES string of the molecule is Cc1cc(N2C(=S)N[C@H](c3ccccn3)[C@H]2c2ccc(C)n2-c2cccnc2)ccc1F. The molecule has 2 atom stereocenters. The van der Waals surface area contributed by atoms with E-state index in [0.29, 0.717) is 10.7 Å². The molecule has 0 amide bonds. The number of rotatable bonds is 4. The van der Waals surface area contributed by atoms with Crippen molar-refractivity contribution in [3.8, 4) is 5.69 Å². The van der Waals surface area contributed by atoms with E-state index in [2.05, 4.69) is 43.8 Å². The highest BCUT2D eigenvalue weighted by molar-refractivity contribution is 7.80. The van der Waals surface area contributed by atoms with Crippen molar-refractivity contribution in [3.05, 3.63) is 108 Å². The summed E-state index contributed by atoms with van der Waals surface area (Å²) in [5.41, 5.74) is 5.39. The van der Waals surface area contributed by atoms with E-state index in [1.807, 2.05) is 42.6 Å². The molecule has 0 unspecified atom stereocenters. The van der Waals surface area contributed by atoms with Crippen LogP contribution < -0.4 is 10.2 Å². The minimum Gasteiger partial charge on any atom is -0.351 e. The molecule has 4 aromatic rings. The first kappa shape index (κ1) is 20.3. The zero-order valence-corrected chi connectivity index (χ0v) is 18.6. The van der Waals surface area contributed by atoms with Gasteiger partial charge in [-0.15, -0.1) is 0 Å². The maximum Gasteiger partial charge on any atom is 0.174 e. The Balaban J connectivity index is 1.71. The Kier molecular flexibility index (Phi) is 5.19. The van der Waals surface area contributed by atoms with Gasteiger partial charge in [0.05, 0.1) is 23.6 Å². The standard InChI is InChI=1S/C25H22FN5S/c1-16-14-18(9-10-20(16)26)31-24(23(29-25(31)32)21-7-3-4-13-28-21)22-11-8-17(2)30(22)19-6-5-12-27-15-19/h3-15,23-24H,1-2H3,(H,29,32)/t23-,24-/m1/s1. The molecule has 1 aliphatic rings. The minimum atomic E-state index is -0.237. The molecule has 1 saturated heterocycles. The van der Waals surface area contributed by atoms with E-state index in [0.717, 1.165) is 28.5 Å². The first-order valence-electron chi connectivity index (χ1n) is 10.4. The molecule has 160 valence electrons. The Morgan fingerprint density at radius 1 is 0.969 bits per heavy atom. The molecule has 7 heteroatoms. The van der Waals surface area contributed by atoms with Crippen LogP contribution in [-0.4, -0.2) is 19.6 Å². The summed E-state index contributed by atoms with van der Waals surface area (Å²) in [6, 6.07) is 18.7. The van der Waals surface area contributed by atoms with Crippen molar-refractivity contribution in [3.63, 3.8) is 0 Å². The van der Waals surface area contributed by atoms with Gasteiger partial charge in [0.1, 0.15) is 11.9 Å². The lowest BCUT2D eigenvalue weighted by atomic mass is 10.0. The highest BCUT2D eigenvalue weighted by Crippen LogP contribution is 2.43. The van der Waals surface area contributed by atoms with Crippen molar-refractivity contribution in [2.75, 3.05) is 4.90 Å². The molecule has 0 radical (unpaired) electrons. The molecule has 0 aliphatic carbocycles. The third-order valence-corrected chi connectivity index (χ3v) is 6.15. The molecule has 1 fully saturated rings. The molecule has 1 aromatic carbocycles. The second-order valence-corrected chi connectivity index (χ2v) is 8.26. The second-order valence-electron chi connectivity index (χ2n) is 7.88. The highest BCUT2D eigenvalue weighted by atomic mass is 32.1. The number of nitrogens with one attached hydrogen (secondary N) is 1. The first-order valence-corrected chi connectivity index (χ1v) is 10.8. The molecular formula is C25H22FN5S. The number of halogens is 1. The largest absolute Gasteiger partial charge is 0.351 e. The van der Waals surface area contributed by atoms with E-state index in [1.54, 1.807) is 25.4 Å². The molecule has 0 spiro atoms. The van der Waals surface area contributed by atoms with Crippen LogP contribution in [0, 0.1) is 19.7 Å². The Hall–Kier alpha value is -3.58. The van der Waals surface area contributed by atoms with Gasteiger partial charge >= 0.3 is 0 Å². The number of aromatic nitrogens is 3. The molecular weight excluding hydrogens is 421 g/mol. The lowest BCUT2D eigenvalue weighted by Gasteiger charge is -2.29. The van der Waals surface area contributed by atoms with Crippen LogP contribution in [-0.2, 0) is 0 Å². The number of benzene rings is 1. The molecule has 0 saturated carbocycles. The lowest BCUT2D eigenvalue weighted by Crippen LogP contribution is -2.30. The average molecular weight is 444 g/mol. The van der Waals surface area contributed by atoms with E-state index in [9.17, 15) is 4.39 Å². The van der Waals surface area contributed by atoms with E-state index >= 15 is 0 Å². The maximum atomic E-state index is 14.0. The maximum absolute atomic E-state index is 14.0. The van der Waals surface area contributed by atoms with Crippen molar-refractivity contribution in [1.29, 1.82) is 0 Å². The third kappa shape index (κ3) is 3.44. The van der Waals surface area contributed by atoms with Crippen LogP contribution in [0.5, 0.6) is 0 Å². The fourth-order valence-corrected chi connectivity index (χ4v) is 4.69. The number of hydrogen-bond donors (Lipinski definition) is 1. The van der Waals surface area contributed by atoms with Crippen LogP contribution in [0.4, 0.5) is 10.1 Å². The van der Waals surface area contributed by atoms with E-state index in [-0.39, 0.29) is 17.9 Å². The van der Waals surface area contributed by atoms with Crippen molar-refractivity contribution < 1.29 is 4.39 Å². The van der Waals surface area contributed by atoms with Gasteiger partial charge in [-0.05, 0) is 86.2 Å². The molecule has 1 aliphatic heterocycles. The zero-order chi connectivity index (χ0) is 22.2. The van der Waals surface area contributed by atoms with Gasteiger partial charge in [-0.25, -0.2) is 4.39 Å². The van der Waals surface area contributed by atoms with Gasteiger partial charge in [-0.1, -0.05) is 6.07 Å². The number of hydrogen-bond acceptors (Lipinski definition) is 3. The molecule has 0 bridgehead atoms. The summed E-state index contributed by atoms with van der Waals surface area (Å²) < 4.78 is 16.2. The summed E-state index contributed by atoms with van der Waals surface area (Å²) in [6.07, 6.45) is 5.39. The average Bonchev–Trinajstić information content (AvgIpc) is 3.36. The topological polar surface area (TPSA) is 46.0 Å². The Bertz CT molecular complexity index is 1270. The predicted octanol–water partition coefficient (Wildman–Crippen LogP) is 5.20. The van der Waals surface area contributed by atoms with Gasteiger partial charge < -0.3 is 14.8 Å². The van der Waals surface area contributed by atoms with Crippen LogP contribution in [0.2, 0.25) is 0 Å². The number of thiocarbonyl (C=S) groups is 1. The molecule has 5 rings (SSSR count). The van der Waals surface area contributed by atoms with Crippen molar-refractivity contribution in [2.24, 2.45) is 0 Å². The van der Waals surface area contributed by atoms with Gasteiger partial charge in [0.25, 0.3) is 0 Å². The quantitative estimate of drug-likeness (QED) is 0.439. The summed E-state index contributed by atoms with van der Waals surface area (Å²) >= 11 is 5.79. The predicted molar refractivity (Wildman–Crippen MR) is 127 cm³/mol. The van der Waals surface area contributed by atoms with Gasteiger partial charge in [-0.3, -0.25) is 9.97 Å². The first-order chi connectivity index (χ1) is 15.5. The van der Waals surface area contributed by atoms with Gasteiger partial charge in [0, 0.05) is 29.5 Å². The number of aryl methyl sites for hydroxylation is 2. The monoisotopic (exact) mass is 443 g/mol. The fourth-order valence-electron chi connectivity index (χ4n) is 4.34. The summed E-state index contributed by atoms with van der Waals surface area (Å²) in [4.78, 5) is 11.0. The smallest absolute Gasteiger partial charge is 0.174 e. The highest BCUT2D eigenvalue weighted by Gasteiger charge is 2.42. The summed E-state index contributed by atoms with van der Waals surface area (Å²) in [5, 5.41) is 4.04. The molecule has 5 nitrogen and oxygen atoms in total. The van der Waals surface area contributed by atoms with Gasteiger partial charge in [0.2, 0.25) is 0 Å². The summed E-state index contributed by atoms with van der Waals surface area (Å²) in [6.45, 7) is 3.83. The minimum absolute atomic E-state index is 0.182. The normalized spacial score (nSPS) is 18.1. The van der Waals surface area contributed by atoms with E-state index in [4.69, 9.17) is 12.2 Å². The second kappa shape index (κ2) is 8.16. The van der Waals surface area contributed by atoms with Crippen molar-refractivity contribution >= 4 is 23.0 Å². The van der Waals surface area contributed by atoms with Crippen molar-refractivity contribution in [1.82, 2.24) is 19.9 Å². The van der Waals surface area contributed by atoms with E-state index < -0.39 is 0 Å². The Labute approximate surface area is 191 Å². The van der Waals surface area contributed by atoms with Crippen LogP contribution in [0.3, 0.4) is 0 Å². The Morgan fingerprint density at radius 3 is 2.56 bits per heavy atom. The van der Waals surface area contributed by atoms with Crippen molar-refractivity contribution in [2.45, 2.75) is 25.9 Å². The molecule has 1 N–H and O–H groups in total. The molecule has 3 aromatic heterocycles. The number of nitrogens with zero attached hydrogens (tertiary/aromatic N) is 4. The molecule has 32 heavy (non-hydrogen) atoms. The summed E-state index contributed by atoms with van der Waals surface area (Å²) in [5.74, 6) is -0.237. The van der Waals surface area contributed by atoms with Gasteiger partial charge in [-0.2, -0.15) is 0 Å². The van der Waals surface area contributed by atoms with E-state index in [1.165, 1.54) is 6.07 Å². The van der Waals surface area contributed by atoms with Crippen LogP contribution in [0.25, 0.3) is 5.69 Å². The van der Waals surface area contributed by atoms with Crippen LogP contribution >= 0.6 is 12.2 Å².